The number of rotatable bonds is 6. The summed E-state index contributed by atoms with van der Waals surface area (Å²) in [5, 5.41) is 5.37. The fourth-order valence-electron chi connectivity index (χ4n) is 8.84. The summed E-state index contributed by atoms with van der Waals surface area (Å²) in [6.45, 7) is 0.907. The van der Waals surface area contributed by atoms with E-state index in [0.717, 1.165) is 50.9 Å². The number of fused-ring (bicyclic) bond motifs is 2. The van der Waals surface area contributed by atoms with Gasteiger partial charge < -0.3 is 27.6 Å². The standard InChI is InChI=1S/C17H20N2O2S.C10H18.2C9H7NO3S/c20-17(13-10-15(22-11-13)16-18-7-9-21-16)19-8-3-5-12-4-1-2-6-14(12)19;1-2-6-10-8-4-3-7-9(10)5-1;2*1-12-9(11)6-4-7(14-5-6)8-10-2-3-13-8/h7,9-12,14H,1-6,8H2;9-10H,1-8H2;2*2-5H,1H3. The Labute approximate surface area is 362 Å². The van der Waals surface area contributed by atoms with E-state index in [1.165, 1.54) is 119 Å². The van der Waals surface area contributed by atoms with Crippen LogP contribution in [0.2, 0.25) is 0 Å². The van der Waals surface area contributed by atoms with E-state index >= 15 is 0 Å². The van der Waals surface area contributed by atoms with Crippen LogP contribution in [0.15, 0.2) is 85.0 Å². The Hall–Kier alpha value is -4.86. The molecule has 1 saturated heterocycles. The maximum atomic E-state index is 12.9. The number of oxazole rings is 3. The van der Waals surface area contributed by atoms with Gasteiger partial charge in [0.1, 0.15) is 18.8 Å². The van der Waals surface area contributed by atoms with E-state index in [4.69, 9.17) is 13.3 Å². The van der Waals surface area contributed by atoms with Crippen LogP contribution >= 0.6 is 34.0 Å². The largest absolute Gasteiger partial charge is 0.465 e. The minimum atomic E-state index is -0.348. The highest BCUT2D eigenvalue weighted by Gasteiger charge is 2.36. The molecular weight excluding hydrogens is 821 g/mol. The highest BCUT2D eigenvalue weighted by molar-refractivity contribution is 7.14. The summed E-state index contributed by atoms with van der Waals surface area (Å²) in [5.41, 5.74) is 1.82. The Morgan fingerprint density at radius 3 is 1.35 bits per heavy atom. The number of hydrogen-bond donors (Lipinski definition) is 0. The van der Waals surface area contributed by atoms with Crippen LogP contribution in [-0.4, -0.2) is 64.5 Å². The monoisotopic (exact) mass is 872 g/mol. The molecule has 0 spiro atoms. The first kappa shape index (κ1) is 43.2. The van der Waals surface area contributed by atoms with Crippen molar-refractivity contribution in [3.8, 4) is 32.3 Å². The number of methoxy groups -OCH3 is 2. The lowest BCUT2D eigenvalue weighted by atomic mass is 9.71. The van der Waals surface area contributed by atoms with Crippen molar-refractivity contribution < 1.29 is 37.1 Å². The minimum absolute atomic E-state index is 0.186. The highest BCUT2D eigenvalue weighted by atomic mass is 32.1. The second-order valence-corrected chi connectivity index (χ2v) is 18.2. The second-order valence-electron chi connectivity index (χ2n) is 15.4. The van der Waals surface area contributed by atoms with Crippen LogP contribution in [0.5, 0.6) is 0 Å². The van der Waals surface area contributed by atoms with Gasteiger partial charge >= 0.3 is 11.9 Å². The fraction of sp³-hybridized carbons (Fsp3) is 0.467. The van der Waals surface area contributed by atoms with Crippen LogP contribution in [0.25, 0.3) is 32.3 Å². The molecule has 10 rings (SSSR count). The lowest BCUT2D eigenvalue weighted by Gasteiger charge is -2.44. The molecule has 0 aromatic carbocycles. The molecule has 4 aliphatic rings. The Morgan fingerprint density at radius 1 is 0.550 bits per heavy atom. The fourth-order valence-corrected chi connectivity index (χ4v) is 11.3. The average Bonchev–Trinajstić information content (AvgIpc) is 4.15. The van der Waals surface area contributed by atoms with E-state index in [1.807, 2.05) is 11.4 Å². The number of piperidine rings is 1. The van der Waals surface area contributed by atoms with Gasteiger partial charge in [0.05, 0.1) is 64.1 Å². The Balaban J connectivity index is 0.000000126. The SMILES string of the molecule is C1CCC2CCCCC2C1.COC(=O)c1csc(-c2ncco2)c1.COC(=O)c1csc(-c2ncco2)c1.O=C(c1csc(-c2ncco2)c1)N1CCCC2CCCCC21. The lowest BCUT2D eigenvalue weighted by Crippen LogP contribution is -2.49. The summed E-state index contributed by atoms with van der Waals surface area (Å²) >= 11 is 4.31. The number of esters is 2. The van der Waals surface area contributed by atoms with E-state index in [9.17, 15) is 14.4 Å². The lowest BCUT2D eigenvalue weighted by molar-refractivity contribution is 0.0391. The van der Waals surface area contributed by atoms with Gasteiger partial charge in [0.25, 0.3) is 5.91 Å². The summed E-state index contributed by atoms with van der Waals surface area (Å²) in [7, 11) is 2.70. The zero-order chi connectivity index (χ0) is 41.7. The van der Waals surface area contributed by atoms with Crippen molar-refractivity contribution in [2.75, 3.05) is 20.8 Å². The summed E-state index contributed by atoms with van der Waals surface area (Å²) in [5.74, 6) is 4.15. The van der Waals surface area contributed by atoms with Gasteiger partial charge in [-0.05, 0) is 61.6 Å². The summed E-state index contributed by atoms with van der Waals surface area (Å²) in [4.78, 5) is 52.0. The maximum Gasteiger partial charge on any atom is 0.338 e. The van der Waals surface area contributed by atoms with Crippen LogP contribution in [0.1, 0.15) is 121 Å². The molecule has 0 N–H and O–H groups in total. The quantitative estimate of drug-likeness (QED) is 0.147. The molecule has 0 bridgehead atoms. The molecule has 7 heterocycles. The van der Waals surface area contributed by atoms with E-state index < -0.39 is 0 Å². The van der Waals surface area contributed by atoms with Crippen LogP contribution < -0.4 is 0 Å². The van der Waals surface area contributed by atoms with Gasteiger partial charge in [-0.15, -0.1) is 34.0 Å². The molecule has 60 heavy (non-hydrogen) atoms. The van der Waals surface area contributed by atoms with Gasteiger partial charge in [0, 0.05) is 28.7 Å². The van der Waals surface area contributed by atoms with Crippen molar-refractivity contribution in [2.45, 2.75) is 95.9 Å². The van der Waals surface area contributed by atoms with Crippen molar-refractivity contribution >= 4 is 51.9 Å². The van der Waals surface area contributed by atoms with Crippen LogP contribution in [0.3, 0.4) is 0 Å². The third-order valence-corrected chi connectivity index (χ3v) is 14.5. The molecular formula is C45H52N4O8S3. The molecule has 1 amide bonds. The number of aromatic nitrogens is 3. The molecule has 3 aliphatic carbocycles. The number of thiophene rings is 3. The number of nitrogens with zero attached hydrogens (tertiary/aromatic N) is 4. The van der Waals surface area contributed by atoms with Gasteiger partial charge in [0.15, 0.2) is 0 Å². The number of carbonyl (C=O) groups is 3. The molecule has 0 radical (unpaired) electrons. The van der Waals surface area contributed by atoms with Gasteiger partial charge in [-0.2, -0.15) is 0 Å². The molecule has 1 aliphatic heterocycles. The minimum Gasteiger partial charge on any atom is -0.465 e. The zero-order valence-corrected chi connectivity index (χ0v) is 36.6. The third-order valence-electron chi connectivity index (χ3n) is 11.8. The molecule has 2 atom stereocenters. The zero-order valence-electron chi connectivity index (χ0n) is 34.1. The van der Waals surface area contributed by atoms with E-state index in [2.05, 4.69) is 29.3 Å². The summed E-state index contributed by atoms with van der Waals surface area (Å²) < 4.78 is 24.7. The normalized spacial score (nSPS) is 20.7. The van der Waals surface area contributed by atoms with Gasteiger partial charge in [-0.25, -0.2) is 24.5 Å². The van der Waals surface area contributed by atoms with Crippen LogP contribution in [0.4, 0.5) is 0 Å². The Morgan fingerprint density at radius 2 is 0.933 bits per heavy atom. The Kier molecular flexibility index (Phi) is 15.6. The van der Waals surface area contributed by atoms with E-state index in [-0.39, 0.29) is 17.8 Å². The molecule has 15 heteroatoms. The number of amides is 1. The number of carbonyl (C=O) groups excluding carboxylic acids is 3. The number of ether oxygens (including phenoxy) is 2. The average molecular weight is 873 g/mol. The van der Waals surface area contributed by atoms with Crippen LogP contribution in [0, 0.1) is 17.8 Å². The molecule has 318 valence electrons. The van der Waals surface area contributed by atoms with Crippen molar-refractivity contribution in [1.82, 2.24) is 19.9 Å². The van der Waals surface area contributed by atoms with Gasteiger partial charge in [-0.3, -0.25) is 4.79 Å². The predicted molar refractivity (Wildman–Crippen MR) is 232 cm³/mol. The topological polar surface area (TPSA) is 151 Å². The van der Waals surface area contributed by atoms with E-state index in [0.29, 0.717) is 34.8 Å². The van der Waals surface area contributed by atoms with Crippen molar-refractivity contribution in [3.63, 3.8) is 0 Å². The first-order valence-electron chi connectivity index (χ1n) is 20.8. The number of likely N-dealkylation sites (tertiary alicyclic amines) is 1. The highest BCUT2D eigenvalue weighted by Crippen LogP contribution is 2.40. The summed E-state index contributed by atoms with van der Waals surface area (Å²) in [6, 6.07) is 5.77. The van der Waals surface area contributed by atoms with Crippen molar-refractivity contribution in [3.05, 3.63) is 88.4 Å². The first-order chi connectivity index (χ1) is 29.4. The van der Waals surface area contributed by atoms with Gasteiger partial charge in [0.2, 0.25) is 17.7 Å². The molecule has 6 aromatic rings. The second kappa shape index (κ2) is 21.6. The smallest absolute Gasteiger partial charge is 0.338 e. The third kappa shape index (κ3) is 11.1. The maximum absolute atomic E-state index is 12.9. The summed E-state index contributed by atoms with van der Waals surface area (Å²) in [6.07, 6.45) is 29.2. The van der Waals surface area contributed by atoms with E-state index in [1.54, 1.807) is 73.4 Å². The van der Waals surface area contributed by atoms with Crippen molar-refractivity contribution in [2.24, 2.45) is 17.8 Å². The molecule has 2 unspecified atom stereocenters. The molecule has 3 saturated carbocycles. The predicted octanol–water partition coefficient (Wildman–Crippen LogP) is 11.9. The van der Waals surface area contributed by atoms with Crippen molar-refractivity contribution in [1.29, 1.82) is 0 Å². The first-order valence-corrected chi connectivity index (χ1v) is 23.5. The molecule has 12 nitrogen and oxygen atoms in total. The number of hydrogen-bond acceptors (Lipinski definition) is 14. The Bertz CT molecular complexity index is 2100. The molecule has 4 fully saturated rings. The molecule has 6 aromatic heterocycles. The van der Waals surface area contributed by atoms with Gasteiger partial charge in [-0.1, -0.05) is 64.2 Å². The van der Waals surface area contributed by atoms with Crippen LogP contribution in [-0.2, 0) is 9.47 Å².